The fourth-order valence-corrected chi connectivity index (χ4v) is 7.29. The minimum Gasteiger partial charge on any atom is -0.310 e. The molecule has 0 N–H and O–H groups in total. The van der Waals surface area contributed by atoms with Crippen LogP contribution in [0.3, 0.4) is 0 Å². The summed E-state index contributed by atoms with van der Waals surface area (Å²) in [5.74, 6) is 0. The zero-order valence-electron chi connectivity index (χ0n) is 30.1. The summed E-state index contributed by atoms with van der Waals surface area (Å²) >= 11 is 13.7. The highest BCUT2D eigenvalue weighted by Gasteiger charge is 2.17. The third-order valence-electron chi connectivity index (χ3n) is 9.77. The predicted molar refractivity (Wildman–Crippen MR) is 232 cm³/mol. The molecule has 0 atom stereocenters. The minimum atomic E-state index is 0.688. The van der Waals surface area contributed by atoms with Gasteiger partial charge in [0.25, 0.3) is 0 Å². The van der Waals surface area contributed by atoms with E-state index in [0.717, 1.165) is 56.4 Å². The van der Waals surface area contributed by atoms with Crippen LogP contribution in [-0.2, 0) is 0 Å². The van der Waals surface area contributed by atoms with Gasteiger partial charge in [-0.1, -0.05) is 150 Å². The first-order chi connectivity index (χ1) is 26.4. The summed E-state index contributed by atoms with van der Waals surface area (Å²) in [6, 6.07) is 67.8. The summed E-state index contributed by atoms with van der Waals surface area (Å²) < 4.78 is 0. The van der Waals surface area contributed by atoms with Gasteiger partial charge in [0, 0.05) is 39.0 Å². The van der Waals surface area contributed by atoms with Gasteiger partial charge in [-0.25, -0.2) is 0 Å². The maximum Gasteiger partial charge on any atom is 0.0647 e. The molecule has 0 aliphatic carbocycles. The molecule has 0 saturated heterocycles. The zero-order valence-corrected chi connectivity index (χ0v) is 31.6. The molecule has 2 nitrogen and oxygen atoms in total. The van der Waals surface area contributed by atoms with E-state index in [1.54, 1.807) is 0 Å². The van der Waals surface area contributed by atoms with Crippen LogP contribution in [0.4, 0.5) is 34.1 Å². The average Bonchev–Trinajstić information content (AvgIpc) is 3.22. The maximum absolute atomic E-state index is 6.89. The highest BCUT2D eigenvalue weighted by atomic mass is 35.5. The van der Waals surface area contributed by atoms with Crippen molar-refractivity contribution in [1.29, 1.82) is 0 Å². The lowest BCUT2D eigenvalue weighted by atomic mass is 9.99. The van der Waals surface area contributed by atoms with Gasteiger partial charge in [-0.05, 0) is 121 Å². The van der Waals surface area contributed by atoms with Gasteiger partial charge >= 0.3 is 0 Å². The van der Waals surface area contributed by atoms with Crippen molar-refractivity contribution in [3.8, 4) is 33.4 Å². The minimum absolute atomic E-state index is 0.688. The Bertz CT molecular complexity index is 2450. The van der Waals surface area contributed by atoms with Crippen LogP contribution in [0.1, 0.15) is 11.1 Å². The number of anilines is 6. The van der Waals surface area contributed by atoms with Crippen molar-refractivity contribution in [2.24, 2.45) is 0 Å². The van der Waals surface area contributed by atoms with E-state index in [2.05, 4.69) is 187 Å². The summed E-state index contributed by atoms with van der Waals surface area (Å²) in [4.78, 5) is 4.48. The van der Waals surface area contributed by atoms with Crippen molar-refractivity contribution in [2.45, 2.75) is 13.8 Å². The van der Waals surface area contributed by atoms with Crippen LogP contribution >= 0.6 is 23.2 Å². The van der Waals surface area contributed by atoms with Crippen LogP contribution in [0.15, 0.2) is 194 Å². The SMILES string of the molecule is Cc1ccc(N(c2ccc(C)cc2)c2ccc(Cl)c(-c3ccc(-c4ccc(N(c5ccc(-c6ccccc6)cc5)c5ccccc5Cl)cc4)cc3)c2)cc1. The van der Waals surface area contributed by atoms with Crippen LogP contribution in [0.5, 0.6) is 0 Å². The lowest BCUT2D eigenvalue weighted by Crippen LogP contribution is -2.10. The fraction of sp³-hybridized carbons (Fsp3) is 0.0400. The van der Waals surface area contributed by atoms with Crippen LogP contribution in [0, 0.1) is 13.8 Å². The van der Waals surface area contributed by atoms with Crippen LogP contribution in [0.25, 0.3) is 33.4 Å². The Morgan fingerprint density at radius 1 is 0.315 bits per heavy atom. The summed E-state index contributed by atoms with van der Waals surface area (Å²) in [6.45, 7) is 4.22. The quantitative estimate of drug-likeness (QED) is 0.146. The van der Waals surface area contributed by atoms with Gasteiger partial charge in [-0.3, -0.25) is 0 Å². The van der Waals surface area contributed by atoms with Gasteiger partial charge in [0.05, 0.1) is 10.7 Å². The first kappa shape index (κ1) is 35.0. The van der Waals surface area contributed by atoms with Crippen LogP contribution in [-0.4, -0.2) is 0 Å². The molecule has 8 aromatic rings. The van der Waals surface area contributed by atoms with Gasteiger partial charge in [0.1, 0.15) is 0 Å². The predicted octanol–water partition coefficient (Wildman–Crippen LogP) is 15.6. The molecule has 0 fully saturated rings. The molecular formula is C50H38Cl2N2. The van der Waals surface area contributed by atoms with Gasteiger partial charge in [-0.2, -0.15) is 0 Å². The first-order valence-corrected chi connectivity index (χ1v) is 18.8. The smallest absolute Gasteiger partial charge is 0.0647 e. The molecule has 0 aliphatic heterocycles. The number of halogens is 2. The number of aryl methyl sites for hydroxylation is 2. The molecule has 0 spiro atoms. The van der Waals surface area contributed by atoms with E-state index in [0.29, 0.717) is 10.0 Å². The summed E-state index contributed by atoms with van der Waals surface area (Å²) in [5, 5.41) is 1.40. The number of hydrogen-bond acceptors (Lipinski definition) is 2. The Balaban J connectivity index is 1.09. The molecule has 8 rings (SSSR count). The van der Waals surface area contributed by atoms with Gasteiger partial charge < -0.3 is 9.80 Å². The highest BCUT2D eigenvalue weighted by molar-refractivity contribution is 6.34. The van der Waals surface area contributed by atoms with E-state index in [9.17, 15) is 0 Å². The van der Waals surface area contributed by atoms with Gasteiger partial charge in [0.15, 0.2) is 0 Å². The molecule has 4 heteroatoms. The van der Waals surface area contributed by atoms with Gasteiger partial charge in [-0.15, -0.1) is 0 Å². The maximum atomic E-state index is 6.89. The van der Waals surface area contributed by atoms with Crippen molar-refractivity contribution in [1.82, 2.24) is 0 Å². The van der Waals surface area contributed by atoms with E-state index in [1.165, 1.54) is 22.3 Å². The summed E-state index contributed by atoms with van der Waals surface area (Å²) in [6.07, 6.45) is 0. The van der Waals surface area contributed by atoms with Crippen LogP contribution < -0.4 is 9.80 Å². The van der Waals surface area contributed by atoms with E-state index >= 15 is 0 Å². The first-order valence-electron chi connectivity index (χ1n) is 18.1. The second-order valence-corrected chi connectivity index (χ2v) is 14.3. The largest absolute Gasteiger partial charge is 0.310 e. The van der Waals surface area contributed by atoms with Crippen molar-refractivity contribution in [3.05, 3.63) is 215 Å². The van der Waals surface area contributed by atoms with E-state index in [-0.39, 0.29) is 0 Å². The molecule has 0 unspecified atom stereocenters. The van der Waals surface area contributed by atoms with E-state index in [1.807, 2.05) is 30.3 Å². The standard InChI is InChI=1S/C50H38Cl2N2/c1-35-12-24-42(25-13-35)53(43-26-14-36(2)15-27-43)46-32-33-48(51)47(34-46)41-18-16-38(17-19-41)40-22-30-45(31-23-40)54(50-11-7-6-10-49(50)52)44-28-20-39(21-29-44)37-8-4-3-5-9-37/h3-34H,1-2H3. The molecule has 8 aromatic carbocycles. The second kappa shape index (κ2) is 15.5. The Hall–Kier alpha value is -6.06. The number of rotatable bonds is 9. The number of nitrogens with zero attached hydrogens (tertiary/aromatic N) is 2. The van der Waals surface area contributed by atoms with E-state index < -0.39 is 0 Å². The second-order valence-electron chi connectivity index (χ2n) is 13.5. The monoisotopic (exact) mass is 736 g/mol. The molecule has 0 radical (unpaired) electrons. The molecule has 0 saturated carbocycles. The Morgan fingerprint density at radius 3 is 1.22 bits per heavy atom. The topological polar surface area (TPSA) is 6.48 Å². The molecule has 0 aliphatic rings. The average molecular weight is 738 g/mol. The molecule has 54 heavy (non-hydrogen) atoms. The molecule has 0 amide bonds. The zero-order chi connectivity index (χ0) is 37.0. The molecule has 0 heterocycles. The number of benzene rings is 8. The van der Waals surface area contributed by atoms with Gasteiger partial charge in [0.2, 0.25) is 0 Å². The van der Waals surface area contributed by atoms with Crippen molar-refractivity contribution in [3.63, 3.8) is 0 Å². The van der Waals surface area contributed by atoms with Crippen molar-refractivity contribution in [2.75, 3.05) is 9.80 Å². The Morgan fingerprint density at radius 2 is 0.704 bits per heavy atom. The molecule has 262 valence electrons. The number of hydrogen-bond donors (Lipinski definition) is 0. The molecule has 0 aromatic heterocycles. The van der Waals surface area contributed by atoms with Crippen LogP contribution in [0.2, 0.25) is 10.0 Å². The Labute approximate surface area is 328 Å². The third-order valence-corrected chi connectivity index (χ3v) is 10.4. The molecule has 0 bridgehead atoms. The van der Waals surface area contributed by atoms with Crippen molar-refractivity contribution < 1.29 is 0 Å². The summed E-state index contributed by atoms with van der Waals surface area (Å²) in [5.41, 5.74) is 15.3. The lowest BCUT2D eigenvalue weighted by molar-refractivity contribution is 1.27. The highest BCUT2D eigenvalue weighted by Crippen LogP contribution is 2.42. The Kier molecular flexibility index (Phi) is 10.0. The van der Waals surface area contributed by atoms with Crippen molar-refractivity contribution >= 4 is 57.3 Å². The fourth-order valence-electron chi connectivity index (χ4n) is 6.85. The summed E-state index contributed by atoms with van der Waals surface area (Å²) in [7, 11) is 0. The number of para-hydroxylation sites is 1. The lowest BCUT2D eigenvalue weighted by Gasteiger charge is -2.27. The van der Waals surface area contributed by atoms with E-state index in [4.69, 9.17) is 23.2 Å². The normalized spacial score (nSPS) is 11.0. The molecular weight excluding hydrogens is 699 g/mol. The third kappa shape index (κ3) is 7.40.